The SMILES string of the molecule is Nc1cccc(Oc2nnnn2-c2ccccc2)c1. The number of para-hydroxylation sites is 1. The molecule has 0 radical (unpaired) electrons. The predicted molar refractivity (Wildman–Crippen MR) is 70.1 cm³/mol. The zero-order valence-electron chi connectivity index (χ0n) is 9.97. The van der Waals surface area contributed by atoms with Crippen LogP contribution in [-0.2, 0) is 0 Å². The molecule has 3 aromatic rings. The number of ether oxygens (including phenoxy) is 1. The monoisotopic (exact) mass is 253 g/mol. The summed E-state index contributed by atoms with van der Waals surface area (Å²) in [6, 6.07) is 16.9. The van der Waals surface area contributed by atoms with E-state index in [0.29, 0.717) is 11.4 Å². The van der Waals surface area contributed by atoms with Gasteiger partial charge in [-0.1, -0.05) is 29.4 Å². The Morgan fingerprint density at radius 3 is 2.63 bits per heavy atom. The Morgan fingerprint density at radius 2 is 1.84 bits per heavy atom. The van der Waals surface area contributed by atoms with E-state index in [1.165, 1.54) is 4.68 Å². The maximum absolute atomic E-state index is 5.70. The minimum absolute atomic E-state index is 0.289. The van der Waals surface area contributed by atoms with Crippen molar-refractivity contribution in [3.63, 3.8) is 0 Å². The van der Waals surface area contributed by atoms with E-state index >= 15 is 0 Å². The number of nitrogen functional groups attached to an aromatic ring is 1. The Balaban J connectivity index is 1.93. The highest BCUT2D eigenvalue weighted by molar-refractivity contribution is 5.44. The third kappa shape index (κ3) is 2.37. The number of hydrogen-bond acceptors (Lipinski definition) is 5. The average Bonchev–Trinajstić information content (AvgIpc) is 2.88. The van der Waals surface area contributed by atoms with E-state index < -0.39 is 0 Å². The van der Waals surface area contributed by atoms with Gasteiger partial charge in [0.15, 0.2) is 0 Å². The van der Waals surface area contributed by atoms with Crippen molar-refractivity contribution >= 4 is 5.69 Å². The molecule has 0 amide bonds. The van der Waals surface area contributed by atoms with Crippen molar-refractivity contribution in [2.75, 3.05) is 5.73 Å². The van der Waals surface area contributed by atoms with Crippen LogP contribution in [0.2, 0.25) is 0 Å². The largest absolute Gasteiger partial charge is 0.423 e. The van der Waals surface area contributed by atoms with E-state index in [0.717, 1.165) is 5.69 Å². The summed E-state index contributed by atoms with van der Waals surface area (Å²) in [5.74, 6) is 0.590. The second-order valence-electron chi connectivity index (χ2n) is 3.88. The molecule has 6 heteroatoms. The molecule has 1 aromatic heterocycles. The molecule has 0 spiro atoms. The Labute approximate surface area is 109 Å². The van der Waals surface area contributed by atoms with Crippen LogP contribution in [-0.4, -0.2) is 20.2 Å². The summed E-state index contributed by atoms with van der Waals surface area (Å²) < 4.78 is 7.15. The van der Waals surface area contributed by atoms with Crippen LogP contribution in [0.3, 0.4) is 0 Å². The smallest absolute Gasteiger partial charge is 0.345 e. The normalized spacial score (nSPS) is 10.3. The van der Waals surface area contributed by atoms with Crippen molar-refractivity contribution in [3.8, 4) is 17.4 Å². The van der Waals surface area contributed by atoms with Crippen LogP contribution < -0.4 is 10.5 Å². The van der Waals surface area contributed by atoms with Crippen LogP contribution in [0.5, 0.6) is 11.8 Å². The van der Waals surface area contributed by atoms with Crippen molar-refractivity contribution in [2.45, 2.75) is 0 Å². The van der Waals surface area contributed by atoms with Crippen LogP contribution in [0.15, 0.2) is 54.6 Å². The Morgan fingerprint density at radius 1 is 1.00 bits per heavy atom. The quantitative estimate of drug-likeness (QED) is 0.722. The fourth-order valence-corrected chi connectivity index (χ4v) is 1.66. The van der Waals surface area contributed by atoms with Gasteiger partial charge in [-0.05, 0) is 34.7 Å². The van der Waals surface area contributed by atoms with Crippen molar-refractivity contribution in [1.29, 1.82) is 0 Å². The second kappa shape index (κ2) is 4.77. The number of hydrogen-bond donors (Lipinski definition) is 1. The van der Waals surface area contributed by atoms with Gasteiger partial charge in [0.25, 0.3) is 0 Å². The summed E-state index contributed by atoms with van der Waals surface area (Å²) in [7, 11) is 0. The van der Waals surface area contributed by atoms with Crippen molar-refractivity contribution in [1.82, 2.24) is 20.2 Å². The predicted octanol–water partition coefficient (Wildman–Crippen LogP) is 2.04. The van der Waals surface area contributed by atoms with Gasteiger partial charge >= 0.3 is 6.01 Å². The van der Waals surface area contributed by atoms with Gasteiger partial charge in [-0.3, -0.25) is 0 Å². The Kier molecular flexibility index (Phi) is 2.82. The first-order valence-electron chi connectivity index (χ1n) is 5.70. The molecule has 0 saturated carbocycles. The minimum atomic E-state index is 0.289. The fourth-order valence-electron chi connectivity index (χ4n) is 1.66. The van der Waals surface area contributed by atoms with Gasteiger partial charge in [-0.2, -0.15) is 4.68 Å². The van der Waals surface area contributed by atoms with Gasteiger partial charge in [0.1, 0.15) is 5.75 Å². The molecule has 6 nitrogen and oxygen atoms in total. The number of anilines is 1. The maximum Gasteiger partial charge on any atom is 0.345 e. The summed E-state index contributed by atoms with van der Waals surface area (Å²) >= 11 is 0. The Hall–Kier alpha value is -2.89. The third-order valence-electron chi connectivity index (χ3n) is 2.51. The molecule has 2 aromatic carbocycles. The number of tetrazole rings is 1. The molecule has 0 aliphatic rings. The van der Waals surface area contributed by atoms with Gasteiger partial charge in [-0.25, -0.2) is 0 Å². The van der Waals surface area contributed by atoms with E-state index in [2.05, 4.69) is 15.5 Å². The first-order chi connectivity index (χ1) is 9.33. The first kappa shape index (κ1) is 11.2. The summed E-state index contributed by atoms with van der Waals surface area (Å²) in [4.78, 5) is 0. The lowest BCUT2D eigenvalue weighted by molar-refractivity contribution is 0.427. The molecule has 0 unspecified atom stereocenters. The fraction of sp³-hybridized carbons (Fsp3) is 0. The van der Waals surface area contributed by atoms with Crippen LogP contribution >= 0.6 is 0 Å². The lowest BCUT2D eigenvalue weighted by Gasteiger charge is -2.06. The average molecular weight is 253 g/mol. The standard InChI is InChI=1S/C13H11N5O/c14-10-5-4-8-12(9-10)19-13-15-16-17-18(13)11-6-2-1-3-7-11/h1-9H,14H2. The number of benzene rings is 2. The van der Waals surface area contributed by atoms with Crippen LogP contribution in [0.1, 0.15) is 0 Å². The highest BCUT2D eigenvalue weighted by Crippen LogP contribution is 2.22. The van der Waals surface area contributed by atoms with Crippen molar-refractivity contribution < 1.29 is 4.74 Å². The highest BCUT2D eigenvalue weighted by atomic mass is 16.5. The van der Waals surface area contributed by atoms with E-state index in [9.17, 15) is 0 Å². The van der Waals surface area contributed by atoms with Gasteiger partial charge in [0.05, 0.1) is 5.69 Å². The van der Waals surface area contributed by atoms with E-state index in [1.807, 2.05) is 30.3 Å². The number of aromatic nitrogens is 4. The second-order valence-corrected chi connectivity index (χ2v) is 3.88. The van der Waals surface area contributed by atoms with E-state index in [-0.39, 0.29) is 6.01 Å². The highest BCUT2D eigenvalue weighted by Gasteiger charge is 2.10. The van der Waals surface area contributed by atoms with Gasteiger partial charge in [0, 0.05) is 11.8 Å². The molecule has 1 heterocycles. The topological polar surface area (TPSA) is 78.8 Å². The summed E-state index contributed by atoms with van der Waals surface area (Å²) in [5.41, 5.74) is 7.15. The molecule has 19 heavy (non-hydrogen) atoms. The summed E-state index contributed by atoms with van der Waals surface area (Å²) in [6.07, 6.45) is 0. The molecular formula is C13H11N5O. The molecule has 94 valence electrons. The molecule has 0 aliphatic carbocycles. The molecular weight excluding hydrogens is 242 g/mol. The zero-order valence-corrected chi connectivity index (χ0v) is 9.97. The molecule has 0 bridgehead atoms. The summed E-state index contributed by atoms with van der Waals surface area (Å²) in [6.45, 7) is 0. The Bertz CT molecular complexity index is 680. The molecule has 0 saturated heterocycles. The lowest BCUT2D eigenvalue weighted by atomic mass is 10.3. The molecule has 0 atom stereocenters. The van der Waals surface area contributed by atoms with Crippen molar-refractivity contribution in [3.05, 3.63) is 54.6 Å². The van der Waals surface area contributed by atoms with E-state index in [4.69, 9.17) is 10.5 Å². The zero-order chi connectivity index (χ0) is 13.1. The van der Waals surface area contributed by atoms with Gasteiger partial charge in [-0.15, -0.1) is 0 Å². The van der Waals surface area contributed by atoms with E-state index in [1.54, 1.807) is 24.3 Å². The van der Waals surface area contributed by atoms with Crippen LogP contribution in [0.4, 0.5) is 5.69 Å². The first-order valence-corrected chi connectivity index (χ1v) is 5.70. The minimum Gasteiger partial charge on any atom is -0.423 e. The molecule has 3 rings (SSSR count). The number of nitrogens with two attached hydrogens (primary N) is 1. The number of rotatable bonds is 3. The summed E-state index contributed by atoms with van der Waals surface area (Å²) in [5, 5.41) is 11.4. The number of nitrogens with zero attached hydrogens (tertiary/aromatic N) is 4. The molecule has 0 aliphatic heterocycles. The molecule has 2 N–H and O–H groups in total. The van der Waals surface area contributed by atoms with Gasteiger partial charge in [0.2, 0.25) is 0 Å². The third-order valence-corrected chi connectivity index (χ3v) is 2.51. The van der Waals surface area contributed by atoms with Crippen LogP contribution in [0, 0.1) is 0 Å². The van der Waals surface area contributed by atoms with Gasteiger partial charge < -0.3 is 10.5 Å². The van der Waals surface area contributed by atoms with Crippen LogP contribution in [0.25, 0.3) is 5.69 Å². The maximum atomic E-state index is 5.70. The molecule has 0 fully saturated rings. The lowest BCUT2D eigenvalue weighted by Crippen LogP contribution is -2.00. The van der Waals surface area contributed by atoms with Crippen molar-refractivity contribution in [2.24, 2.45) is 0 Å².